The summed E-state index contributed by atoms with van der Waals surface area (Å²) in [6.07, 6.45) is 0.872. The van der Waals surface area contributed by atoms with Gasteiger partial charge in [-0.3, -0.25) is 0 Å². The fourth-order valence-corrected chi connectivity index (χ4v) is 3.57. The van der Waals surface area contributed by atoms with Crippen LogP contribution in [0.3, 0.4) is 0 Å². The second-order valence-electron chi connectivity index (χ2n) is 3.80. The molecule has 0 aromatic carbocycles. The van der Waals surface area contributed by atoms with Gasteiger partial charge in [-0.2, -0.15) is 4.31 Å². The van der Waals surface area contributed by atoms with Gasteiger partial charge in [0.05, 0.1) is 5.75 Å². The normalized spacial score (nSPS) is 30.5. The number of piperazine rings is 1. The van der Waals surface area contributed by atoms with Crippen molar-refractivity contribution in [1.29, 1.82) is 0 Å². The first kappa shape index (κ1) is 11.9. The Bertz CT molecular complexity index is 277. The zero-order valence-electron chi connectivity index (χ0n) is 9.16. The summed E-state index contributed by atoms with van der Waals surface area (Å²) in [4.78, 5) is 0. The molecule has 0 aliphatic carbocycles. The highest BCUT2D eigenvalue weighted by atomic mass is 32.2. The average molecular weight is 220 g/mol. The minimum absolute atomic E-state index is 0.0821. The summed E-state index contributed by atoms with van der Waals surface area (Å²) in [5, 5.41) is 3.26. The molecule has 0 bridgehead atoms. The zero-order valence-corrected chi connectivity index (χ0v) is 9.97. The Labute approximate surface area is 86.7 Å². The van der Waals surface area contributed by atoms with Gasteiger partial charge in [-0.25, -0.2) is 8.42 Å². The van der Waals surface area contributed by atoms with Crippen molar-refractivity contribution in [2.45, 2.75) is 39.3 Å². The molecule has 1 aliphatic rings. The molecule has 0 amide bonds. The maximum atomic E-state index is 11.8. The van der Waals surface area contributed by atoms with Crippen LogP contribution in [-0.2, 0) is 10.0 Å². The number of hydrogen-bond acceptors (Lipinski definition) is 3. The lowest BCUT2D eigenvalue weighted by Gasteiger charge is -2.39. The number of nitrogens with one attached hydrogen (secondary N) is 1. The quantitative estimate of drug-likeness (QED) is 0.749. The monoisotopic (exact) mass is 220 g/mol. The number of sulfonamides is 1. The maximum Gasteiger partial charge on any atom is 0.214 e. The van der Waals surface area contributed by atoms with Crippen molar-refractivity contribution in [2.75, 3.05) is 18.8 Å². The van der Waals surface area contributed by atoms with E-state index in [9.17, 15) is 8.42 Å². The molecule has 0 radical (unpaired) electrons. The van der Waals surface area contributed by atoms with Crippen molar-refractivity contribution in [1.82, 2.24) is 9.62 Å². The van der Waals surface area contributed by atoms with E-state index in [0.717, 1.165) is 19.5 Å². The highest BCUT2D eigenvalue weighted by Gasteiger charge is 2.34. The summed E-state index contributed by atoms with van der Waals surface area (Å²) >= 11 is 0. The van der Waals surface area contributed by atoms with E-state index in [1.165, 1.54) is 0 Å². The van der Waals surface area contributed by atoms with Crippen molar-refractivity contribution in [3.63, 3.8) is 0 Å². The van der Waals surface area contributed by atoms with Crippen molar-refractivity contribution in [2.24, 2.45) is 0 Å². The van der Waals surface area contributed by atoms with E-state index in [2.05, 4.69) is 5.32 Å². The van der Waals surface area contributed by atoms with Crippen LogP contribution in [0.5, 0.6) is 0 Å². The summed E-state index contributed by atoms with van der Waals surface area (Å²) in [6.45, 7) is 7.23. The van der Waals surface area contributed by atoms with Crippen LogP contribution in [0.25, 0.3) is 0 Å². The Morgan fingerprint density at radius 2 is 2.00 bits per heavy atom. The Kier molecular flexibility index (Phi) is 3.92. The van der Waals surface area contributed by atoms with Crippen LogP contribution in [-0.4, -0.2) is 43.6 Å². The molecule has 2 atom stereocenters. The maximum absolute atomic E-state index is 11.8. The average Bonchev–Trinajstić information content (AvgIpc) is 2.17. The lowest BCUT2D eigenvalue weighted by Crippen LogP contribution is -2.58. The van der Waals surface area contributed by atoms with E-state index >= 15 is 0 Å². The van der Waals surface area contributed by atoms with E-state index < -0.39 is 10.0 Å². The molecule has 0 aromatic heterocycles. The Morgan fingerprint density at radius 1 is 1.36 bits per heavy atom. The molecule has 84 valence electrons. The van der Waals surface area contributed by atoms with Crippen LogP contribution < -0.4 is 5.32 Å². The number of nitrogens with zero attached hydrogens (tertiary/aromatic N) is 1. The lowest BCUT2D eigenvalue weighted by molar-refractivity contribution is 0.203. The molecule has 1 heterocycles. The van der Waals surface area contributed by atoms with Gasteiger partial charge < -0.3 is 5.32 Å². The number of hydrogen-bond donors (Lipinski definition) is 1. The van der Waals surface area contributed by atoms with Crippen LogP contribution in [0.1, 0.15) is 27.2 Å². The van der Waals surface area contributed by atoms with Crippen molar-refractivity contribution in [3.8, 4) is 0 Å². The van der Waals surface area contributed by atoms with Crippen LogP contribution in [0, 0.1) is 0 Å². The van der Waals surface area contributed by atoms with Gasteiger partial charge in [-0.1, -0.05) is 6.92 Å². The van der Waals surface area contributed by atoms with Gasteiger partial charge in [0, 0.05) is 25.2 Å². The standard InChI is InChI=1S/C9H20N2O2S/c1-4-9-7-10-6-8(3)11(9)14(12,13)5-2/h8-10H,4-7H2,1-3H3. The van der Waals surface area contributed by atoms with Crippen molar-refractivity contribution < 1.29 is 8.42 Å². The highest BCUT2D eigenvalue weighted by Crippen LogP contribution is 2.17. The third-order valence-electron chi connectivity index (χ3n) is 2.77. The van der Waals surface area contributed by atoms with Gasteiger partial charge in [0.25, 0.3) is 0 Å². The van der Waals surface area contributed by atoms with Crippen LogP contribution in [0.2, 0.25) is 0 Å². The minimum Gasteiger partial charge on any atom is -0.314 e. The number of rotatable bonds is 3. The summed E-state index contributed by atoms with van der Waals surface area (Å²) in [5.74, 6) is 0.202. The first-order chi connectivity index (χ1) is 6.53. The smallest absolute Gasteiger partial charge is 0.214 e. The van der Waals surface area contributed by atoms with Gasteiger partial charge in [0.15, 0.2) is 0 Å². The topological polar surface area (TPSA) is 49.4 Å². The van der Waals surface area contributed by atoms with E-state index in [-0.39, 0.29) is 17.8 Å². The molecule has 4 nitrogen and oxygen atoms in total. The first-order valence-electron chi connectivity index (χ1n) is 5.24. The van der Waals surface area contributed by atoms with E-state index in [4.69, 9.17) is 0 Å². The van der Waals surface area contributed by atoms with Crippen LogP contribution in [0.15, 0.2) is 0 Å². The zero-order chi connectivity index (χ0) is 10.8. The van der Waals surface area contributed by atoms with Gasteiger partial charge in [0.2, 0.25) is 10.0 Å². The largest absolute Gasteiger partial charge is 0.314 e. The first-order valence-corrected chi connectivity index (χ1v) is 6.85. The van der Waals surface area contributed by atoms with Gasteiger partial charge >= 0.3 is 0 Å². The summed E-state index contributed by atoms with van der Waals surface area (Å²) in [5.41, 5.74) is 0. The molecular weight excluding hydrogens is 200 g/mol. The predicted molar refractivity (Wildman–Crippen MR) is 57.7 cm³/mol. The minimum atomic E-state index is -3.04. The molecule has 0 aromatic rings. The molecular formula is C9H20N2O2S. The fourth-order valence-electron chi connectivity index (χ4n) is 1.97. The molecule has 5 heteroatoms. The van der Waals surface area contributed by atoms with Gasteiger partial charge in [0.1, 0.15) is 0 Å². The molecule has 1 aliphatic heterocycles. The second kappa shape index (κ2) is 4.59. The SMILES string of the molecule is CCC1CNCC(C)N1S(=O)(=O)CC. The molecule has 1 rings (SSSR count). The molecule has 14 heavy (non-hydrogen) atoms. The molecule has 2 unspecified atom stereocenters. The molecule has 0 spiro atoms. The molecule has 0 saturated carbocycles. The molecule has 1 saturated heterocycles. The Hall–Kier alpha value is -0.130. The van der Waals surface area contributed by atoms with Gasteiger partial charge in [-0.15, -0.1) is 0 Å². The van der Waals surface area contributed by atoms with Crippen molar-refractivity contribution in [3.05, 3.63) is 0 Å². The van der Waals surface area contributed by atoms with E-state index in [1.807, 2.05) is 13.8 Å². The summed E-state index contributed by atoms with van der Waals surface area (Å²) < 4.78 is 25.3. The second-order valence-corrected chi connectivity index (χ2v) is 5.96. The lowest BCUT2D eigenvalue weighted by atomic mass is 10.1. The molecule has 1 N–H and O–H groups in total. The van der Waals surface area contributed by atoms with Crippen LogP contribution >= 0.6 is 0 Å². The van der Waals surface area contributed by atoms with Crippen molar-refractivity contribution >= 4 is 10.0 Å². The summed E-state index contributed by atoms with van der Waals surface area (Å²) in [6, 6.07) is 0.211. The molecule has 1 fully saturated rings. The summed E-state index contributed by atoms with van der Waals surface area (Å²) in [7, 11) is -3.04. The Morgan fingerprint density at radius 3 is 2.50 bits per heavy atom. The van der Waals surface area contributed by atoms with Crippen LogP contribution in [0.4, 0.5) is 0 Å². The van der Waals surface area contributed by atoms with E-state index in [1.54, 1.807) is 11.2 Å². The highest BCUT2D eigenvalue weighted by molar-refractivity contribution is 7.89. The van der Waals surface area contributed by atoms with Gasteiger partial charge in [-0.05, 0) is 20.3 Å². The Balaban J connectivity index is 2.89. The fraction of sp³-hybridized carbons (Fsp3) is 1.00. The third-order valence-corrected chi connectivity index (χ3v) is 4.80. The third kappa shape index (κ3) is 2.27. The van der Waals surface area contributed by atoms with E-state index in [0.29, 0.717) is 0 Å². The predicted octanol–water partition coefficient (Wildman–Crippen LogP) is 0.408.